The molecule has 0 bridgehead atoms. The molecule has 1 aliphatic rings. The van der Waals surface area contributed by atoms with Crippen molar-refractivity contribution in [3.8, 4) is 0 Å². The summed E-state index contributed by atoms with van der Waals surface area (Å²) in [5, 5.41) is 8.16. The zero-order valence-corrected chi connectivity index (χ0v) is 12.4. The number of carbonyl (C=O) groups is 1. The van der Waals surface area contributed by atoms with Gasteiger partial charge in [-0.1, -0.05) is 13.0 Å². The Morgan fingerprint density at radius 2 is 2.20 bits per heavy atom. The van der Waals surface area contributed by atoms with Gasteiger partial charge in [-0.25, -0.2) is 13.6 Å². The van der Waals surface area contributed by atoms with Crippen molar-refractivity contribution >= 4 is 15.9 Å². The monoisotopic (exact) mass is 296 g/mol. The molecule has 0 saturated heterocycles. The maximum atomic E-state index is 11.7. The Morgan fingerprint density at radius 1 is 1.45 bits per heavy atom. The van der Waals surface area contributed by atoms with E-state index in [0.717, 1.165) is 36.8 Å². The highest BCUT2D eigenvalue weighted by molar-refractivity contribution is 7.89. The number of hydrogen-bond donors (Lipinski definition) is 2. The first-order valence-corrected chi connectivity index (χ1v) is 8.41. The fraction of sp³-hybridized carbons (Fsp3) is 0.500. The van der Waals surface area contributed by atoms with Gasteiger partial charge in [-0.2, -0.15) is 0 Å². The lowest BCUT2D eigenvalue weighted by Gasteiger charge is -2.26. The first-order chi connectivity index (χ1) is 9.41. The number of aryl methyl sites for hydroxylation is 1. The number of primary sulfonamides is 1. The van der Waals surface area contributed by atoms with Gasteiger partial charge in [0.2, 0.25) is 15.9 Å². The second-order valence-electron chi connectivity index (χ2n) is 5.17. The second kappa shape index (κ2) is 5.93. The molecule has 1 aliphatic carbocycles. The van der Waals surface area contributed by atoms with Crippen LogP contribution in [0.2, 0.25) is 0 Å². The molecule has 0 spiro atoms. The number of nitrogens with one attached hydrogen (secondary N) is 1. The highest BCUT2D eigenvalue weighted by Crippen LogP contribution is 2.31. The lowest BCUT2D eigenvalue weighted by atomic mass is 9.87. The summed E-state index contributed by atoms with van der Waals surface area (Å²) in [7, 11) is -3.67. The summed E-state index contributed by atoms with van der Waals surface area (Å²) in [5.74, 6) is 0.0425. The van der Waals surface area contributed by atoms with Gasteiger partial charge in [-0.3, -0.25) is 4.79 Å². The first-order valence-electron chi connectivity index (χ1n) is 6.87. The van der Waals surface area contributed by atoms with Crippen LogP contribution in [0.25, 0.3) is 0 Å². The van der Waals surface area contributed by atoms with E-state index in [-0.39, 0.29) is 16.8 Å². The van der Waals surface area contributed by atoms with E-state index in [0.29, 0.717) is 6.42 Å². The molecule has 5 nitrogen and oxygen atoms in total. The van der Waals surface area contributed by atoms with E-state index in [4.69, 9.17) is 5.14 Å². The molecule has 2 rings (SSSR count). The molecule has 1 amide bonds. The molecule has 110 valence electrons. The van der Waals surface area contributed by atoms with Gasteiger partial charge in [0.25, 0.3) is 0 Å². The lowest BCUT2D eigenvalue weighted by Crippen LogP contribution is -2.30. The largest absolute Gasteiger partial charge is 0.349 e. The summed E-state index contributed by atoms with van der Waals surface area (Å²) in [4.78, 5) is 11.9. The van der Waals surface area contributed by atoms with Gasteiger partial charge in [0.05, 0.1) is 10.9 Å². The molecular formula is C14H20N2O3S. The Labute approximate surface area is 119 Å². The van der Waals surface area contributed by atoms with Crippen molar-refractivity contribution in [2.45, 2.75) is 50.0 Å². The molecule has 20 heavy (non-hydrogen) atoms. The van der Waals surface area contributed by atoms with Crippen LogP contribution in [0.15, 0.2) is 23.1 Å². The van der Waals surface area contributed by atoms with E-state index in [1.54, 1.807) is 12.1 Å². The minimum absolute atomic E-state index is 0.0210. The number of hydrogen-bond acceptors (Lipinski definition) is 3. The number of fused-ring (bicyclic) bond motifs is 1. The summed E-state index contributed by atoms with van der Waals surface area (Å²) in [6.45, 7) is 1.97. The van der Waals surface area contributed by atoms with Crippen LogP contribution in [0.1, 0.15) is 49.8 Å². The molecule has 0 aromatic heterocycles. The van der Waals surface area contributed by atoms with Crippen molar-refractivity contribution in [1.29, 1.82) is 0 Å². The topological polar surface area (TPSA) is 89.3 Å². The maximum Gasteiger partial charge on any atom is 0.238 e. The van der Waals surface area contributed by atoms with Crippen LogP contribution in [0.3, 0.4) is 0 Å². The molecule has 0 aliphatic heterocycles. The van der Waals surface area contributed by atoms with Gasteiger partial charge >= 0.3 is 0 Å². The SMILES string of the molecule is CCCC(=O)NC1CCCc2cc(S(N)(=O)=O)ccc21. The Kier molecular flexibility index (Phi) is 4.45. The lowest BCUT2D eigenvalue weighted by molar-refractivity contribution is -0.122. The number of carbonyl (C=O) groups excluding carboxylic acids is 1. The average molecular weight is 296 g/mol. The van der Waals surface area contributed by atoms with Crippen LogP contribution in [-0.2, 0) is 21.2 Å². The molecule has 1 aromatic rings. The summed E-state index contributed by atoms with van der Waals surface area (Å²) < 4.78 is 22.7. The molecule has 0 fully saturated rings. The summed E-state index contributed by atoms with van der Waals surface area (Å²) in [6, 6.07) is 4.89. The van der Waals surface area contributed by atoms with Crippen molar-refractivity contribution < 1.29 is 13.2 Å². The van der Waals surface area contributed by atoms with Crippen LogP contribution in [-0.4, -0.2) is 14.3 Å². The molecule has 0 saturated carbocycles. The molecular weight excluding hydrogens is 276 g/mol. The second-order valence-corrected chi connectivity index (χ2v) is 6.73. The van der Waals surface area contributed by atoms with Crippen molar-refractivity contribution in [1.82, 2.24) is 5.32 Å². The van der Waals surface area contributed by atoms with Gasteiger partial charge in [-0.15, -0.1) is 0 Å². The van der Waals surface area contributed by atoms with Crippen LogP contribution >= 0.6 is 0 Å². The number of amides is 1. The fourth-order valence-electron chi connectivity index (χ4n) is 2.61. The molecule has 6 heteroatoms. The third-order valence-electron chi connectivity index (χ3n) is 3.57. The fourth-order valence-corrected chi connectivity index (χ4v) is 3.18. The molecule has 1 atom stereocenters. The smallest absolute Gasteiger partial charge is 0.238 e. The van der Waals surface area contributed by atoms with Gasteiger partial charge in [0.1, 0.15) is 0 Å². The third kappa shape index (κ3) is 3.37. The number of rotatable bonds is 4. The maximum absolute atomic E-state index is 11.7. The Morgan fingerprint density at radius 3 is 2.85 bits per heavy atom. The summed E-state index contributed by atoms with van der Waals surface area (Å²) in [6.07, 6.45) is 3.96. The highest BCUT2D eigenvalue weighted by Gasteiger charge is 2.23. The van der Waals surface area contributed by atoms with Gasteiger partial charge in [-0.05, 0) is 48.9 Å². The van der Waals surface area contributed by atoms with E-state index in [9.17, 15) is 13.2 Å². The minimum atomic E-state index is -3.67. The standard InChI is InChI=1S/C14H20N2O3S/c1-2-4-14(17)16-13-6-3-5-10-9-11(20(15,18)19)7-8-12(10)13/h7-9,13H,2-6H2,1H3,(H,16,17)(H2,15,18,19). The van der Waals surface area contributed by atoms with Gasteiger partial charge < -0.3 is 5.32 Å². The highest BCUT2D eigenvalue weighted by atomic mass is 32.2. The Balaban J connectivity index is 2.26. The number of nitrogens with two attached hydrogens (primary N) is 1. The van der Waals surface area contributed by atoms with Crippen LogP contribution in [0.5, 0.6) is 0 Å². The van der Waals surface area contributed by atoms with E-state index < -0.39 is 10.0 Å². The van der Waals surface area contributed by atoms with Crippen LogP contribution in [0.4, 0.5) is 0 Å². The van der Waals surface area contributed by atoms with E-state index in [1.165, 1.54) is 6.07 Å². The normalized spacial score (nSPS) is 18.4. The Bertz CT molecular complexity index is 611. The van der Waals surface area contributed by atoms with E-state index in [2.05, 4.69) is 5.32 Å². The summed E-state index contributed by atoms with van der Waals surface area (Å²) >= 11 is 0. The van der Waals surface area contributed by atoms with E-state index in [1.807, 2.05) is 6.92 Å². The van der Waals surface area contributed by atoms with Crippen LogP contribution in [0, 0.1) is 0 Å². The van der Waals surface area contributed by atoms with Crippen LogP contribution < -0.4 is 10.5 Å². The predicted octanol–water partition coefficient (Wildman–Crippen LogP) is 1.63. The molecule has 1 unspecified atom stereocenters. The quantitative estimate of drug-likeness (QED) is 0.885. The van der Waals surface area contributed by atoms with Gasteiger partial charge in [0, 0.05) is 6.42 Å². The van der Waals surface area contributed by atoms with Crippen molar-refractivity contribution in [3.05, 3.63) is 29.3 Å². The Hall–Kier alpha value is -1.40. The first kappa shape index (κ1) is 15.0. The number of sulfonamides is 1. The molecule has 0 radical (unpaired) electrons. The number of benzene rings is 1. The third-order valence-corrected chi connectivity index (χ3v) is 4.48. The zero-order chi connectivity index (χ0) is 14.8. The minimum Gasteiger partial charge on any atom is -0.349 e. The average Bonchev–Trinajstić information content (AvgIpc) is 2.37. The molecule has 0 heterocycles. The van der Waals surface area contributed by atoms with Crippen molar-refractivity contribution in [2.24, 2.45) is 5.14 Å². The van der Waals surface area contributed by atoms with Gasteiger partial charge in [0.15, 0.2) is 0 Å². The molecule has 1 aromatic carbocycles. The molecule has 3 N–H and O–H groups in total. The van der Waals surface area contributed by atoms with E-state index >= 15 is 0 Å². The van der Waals surface area contributed by atoms with Crippen molar-refractivity contribution in [3.63, 3.8) is 0 Å². The zero-order valence-electron chi connectivity index (χ0n) is 11.6. The summed E-state index contributed by atoms with van der Waals surface area (Å²) in [5.41, 5.74) is 1.97. The van der Waals surface area contributed by atoms with Crippen molar-refractivity contribution in [2.75, 3.05) is 0 Å². The predicted molar refractivity (Wildman–Crippen MR) is 76.5 cm³/mol.